The quantitative estimate of drug-likeness (QED) is 0.826. The molecule has 0 bridgehead atoms. The number of aryl methyl sites for hydroxylation is 2. The van der Waals surface area contributed by atoms with Gasteiger partial charge >= 0.3 is 0 Å². The zero-order chi connectivity index (χ0) is 12.1. The molecule has 0 aromatic carbocycles. The lowest BCUT2D eigenvalue weighted by Gasteiger charge is -2.00. The first-order chi connectivity index (χ1) is 7.54. The van der Waals surface area contributed by atoms with Crippen LogP contribution < -0.4 is 5.32 Å². The van der Waals surface area contributed by atoms with E-state index in [1.165, 1.54) is 0 Å². The fraction of sp³-hybridized carbons (Fsp3) is 0.667. The normalized spacial score (nSPS) is 10.8. The second kappa shape index (κ2) is 5.68. The van der Waals surface area contributed by atoms with Crippen molar-refractivity contribution in [1.29, 1.82) is 0 Å². The number of carbonyl (C=O) groups is 1. The molecule has 4 heteroatoms. The van der Waals surface area contributed by atoms with E-state index in [1.54, 1.807) is 4.68 Å². The van der Waals surface area contributed by atoms with Crippen molar-refractivity contribution in [2.24, 2.45) is 13.0 Å². The van der Waals surface area contributed by atoms with Crippen LogP contribution in [-0.2, 0) is 13.5 Å². The molecular formula is C12H21N3O. The van der Waals surface area contributed by atoms with Gasteiger partial charge in [-0.3, -0.25) is 9.48 Å². The van der Waals surface area contributed by atoms with Gasteiger partial charge in [-0.2, -0.15) is 5.10 Å². The predicted octanol–water partition coefficient (Wildman–Crippen LogP) is 1.76. The first kappa shape index (κ1) is 12.7. The van der Waals surface area contributed by atoms with Gasteiger partial charge in [0.1, 0.15) is 5.69 Å². The topological polar surface area (TPSA) is 46.9 Å². The zero-order valence-corrected chi connectivity index (χ0v) is 10.6. The maximum absolute atomic E-state index is 11.6. The van der Waals surface area contributed by atoms with Crippen LogP contribution in [0.5, 0.6) is 0 Å². The molecule has 1 aromatic rings. The van der Waals surface area contributed by atoms with Crippen molar-refractivity contribution < 1.29 is 4.79 Å². The highest BCUT2D eigenvalue weighted by molar-refractivity contribution is 5.92. The van der Waals surface area contributed by atoms with Crippen LogP contribution in [0.25, 0.3) is 0 Å². The Hall–Kier alpha value is -1.32. The molecule has 16 heavy (non-hydrogen) atoms. The van der Waals surface area contributed by atoms with E-state index in [9.17, 15) is 4.79 Å². The third-order valence-electron chi connectivity index (χ3n) is 2.48. The molecule has 1 N–H and O–H groups in total. The number of nitrogens with one attached hydrogen (secondary N) is 1. The van der Waals surface area contributed by atoms with Gasteiger partial charge in [0.2, 0.25) is 0 Å². The van der Waals surface area contributed by atoms with Gasteiger partial charge in [-0.25, -0.2) is 0 Å². The van der Waals surface area contributed by atoms with E-state index in [0.29, 0.717) is 18.2 Å². The molecule has 0 atom stereocenters. The Morgan fingerprint density at radius 2 is 2.25 bits per heavy atom. The molecule has 0 unspecified atom stereocenters. The third kappa shape index (κ3) is 3.36. The summed E-state index contributed by atoms with van der Waals surface area (Å²) < 4.78 is 1.65. The first-order valence-corrected chi connectivity index (χ1v) is 5.85. The Kier molecular flexibility index (Phi) is 4.52. The average Bonchev–Trinajstić information content (AvgIpc) is 2.57. The smallest absolute Gasteiger partial charge is 0.269 e. The predicted molar refractivity (Wildman–Crippen MR) is 64.4 cm³/mol. The molecule has 0 aliphatic rings. The van der Waals surface area contributed by atoms with Crippen LogP contribution in [0.1, 0.15) is 43.4 Å². The molecule has 0 aliphatic heterocycles. The number of aromatic nitrogens is 2. The lowest BCUT2D eigenvalue weighted by Crippen LogP contribution is -2.24. The number of hydrogen-bond acceptors (Lipinski definition) is 2. The molecule has 0 saturated carbocycles. The van der Waals surface area contributed by atoms with E-state index < -0.39 is 0 Å². The highest BCUT2D eigenvalue weighted by Gasteiger charge is 2.12. The Morgan fingerprint density at radius 1 is 1.56 bits per heavy atom. The Bertz CT molecular complexity index is 355. The van der Waals surface area contributed by atoms with Gasteiger partial charge in [-0.1, -0.05) is 13.8 Å². The van der Waals surface area contributed by atoms with E-state index in [4.69, 9.17) is 0 Å². The number of amides is 1. The van der Waals surface area contributed by atoms with Gasteiger partial charge in [-0.15, -0.1) is 0 Å². The summed E-state index contributed by atoms with van der Waals surface area (Å²) in [4.78, 5) is 11.6. The monoisotopic (exact) mass is 223 g/mol. The van der Waals surface area contributed by atoms with E-state index in [1.807, 2.05) is 20.0 Å². The van der Waals surface area contributed by atoms with E-state index in [0.717, 1.165) is 18.5 Å². The minimum Gasteiger partial charge on any atom is -0.351 e. The molecule has 0 saturated heterocycles. The summed E-state index contributed by atoms with van der Waals surface area (Å²) in [6.45, 7) is 6.93. The second-order valence-corrected chi connectivity index (χ2v) is 4.44. The lowest BCUT2D eigenvalue weighted by molar-refractivity contribution is 0.0946. The number of nitrogens with zero attached hydrogens (tertiary/aromatic N) is 2. The fourth-order valence-electron chi connectivity index (χ4n) is 1.55. The molecule has 1 heterocycles. The van der Waals surface area contributed by atoms with Gasteiger partial charge in [0.15, 0.2) is 0 Å². The van der Waals surface area contributed by atoms with Crippen LogP contribution in [0.3, 0.4) is 0 Å². The third-order valence-corrected chi connectivity index (χ3v) is 2.48. The molecule has 4 nitrogen and oxygen atoms in total. The largest absolute Gasteiger partial charge is 0.351 e. The highest BCUT2D eigenvalue weighted by Crippen LogP contribution is 2.09. The molecule has 1 rings (SSSR count). The van der Waals surface area contributed by atoms with E-state index in [2.05, 4.69) is 24.3 Å². The molecule has 0 aliphatic carbocycles. The van der Waals surface area contributed by atoms with Crippen molar-refractivity contribution in [2.75, 3.05) is 6.54 Å². The fourth-order valence-corrected chi connectivity index (χ4v) is 1.55. The lowest BCUT2D eigenvalue weighted by atomic mass is 10.1. The summed E-state index contributed by atoms with van der Waals surface area (Å²) in [5, 5.41) is 7.12. The zero-order valence-electron chi connectivity index (χ0n) is 10.6. The summed E-state index contributed by atoms with van der Waals surface area (Å²) in [5.41, 5.74) is 1.64. The molecule has 0 radical (unpaired) electrons. The average molecular weight is 223 g/mol. The van der Waals surface area contributed by atoms with E-state index >= 15 is 0 Å². The van der Waals surface area contributed by atoms with Crippen molar-refractivity contribution >= 4 is 5.91 Å². The van der Waals surface area contributed by atoms with Crippen molar-refractivity contribution in [3.63, 3.8) is 0 Å². The first-order valence-electron chi connectivity index (χ1n) is 5.85. The van der Waals surface area contributed by atoms with Crippen molar-refractivity contribution in [3.8, 4) is 0 Å². The van der Waals surface area contributed by atoms with Crippen molar-refractivity contribution in [2.45, 2.75) is 33.6 Å². The standard InChI is InChI=1S/C12H21N3O/c1-5-13-12(16)11-8-10(14-15(11)4)7-6-9(2)3/h8-9H,5-7H2,1-4H3,(H,13,16). The number of hydrogen-bond donors (Lipinski definition) is 1. The van der Waals surface area contributed by atoms with E-state index in [-0.39, 0.29) is 5.91 Å². The summed E-state index contributed by atoms with van der Waals surface area (Å²) >= 11 is 0. The maximum Gasteiger partial charge on any atom is 0.269 e. The summed E-state index contributed by atoms with van der Waals surface area (Å²) in [5.74, 6) is 0.614. The van der Waals surface area contributed by atoms with Gasteiger partial charge < -0.3 is 5.32 Å². The van der Waals surface area contributed by atoms with Crippen molar-refractivity contribution in [1.82, 2.24) is 15.1 Å². The minimum absolute atomic E-state index is 0.0479. The molecule has 90 valence electrons. The van der Waals surface area contributed by atoms with Crippen LogP contribution >= 0.6 is 0 Å². The van der Waals surface area contributed by atoms with Crippen LogP contribution in [0.4, 0.5) is 0 Å². The Balaban J connectivity index is 2.69. The highest BCUT2D eigenvalue weighted by atomic mass is 16.2. The van der Waals surface area contributed by atoms with Crippen LogP contribution in [0, 0.1) is 5.92 Å². The SMILES string of the molecule is CCNC(=O)c1cc(CCC(C)C)nn1C. The number of rotatable bonds is 5. The van der Waals surface area contributed by atoms with Gasteiger partial charge in [0, 0.05) is 13.6 Å². The molecule has 1 amide bonds. The Morgan fingerprint density at radius 3 is 2.81 bits per heavy atom. The molecule has 0 spiro atoms. The molecule has 1 aromatic heterocycles. The molecular weight excluding hydrogens is 202 g/mol. The van der Waals surface area contributed by atoms with Gasteiger partial charge in [0.25, 0.3) is 5.91 Å². The van der Waals surface area contributed by atoms with Gasteiger partial charge in [-0.05, 0) is 31.7 Å². The van der Waals surface area contributed by atoms with Crippen LogP contribution in [0.2, 0.25) is 0 Å². The van der Waals surface area contributed by atoms with Crippen LogP contribution in [-0.4, -0.2) is 22.2 Å². The van der Waals surface area contributed by atoms with Gasteiger partial charge in [0.05, 0.1) is 5.69 Å². The minimum atomic E-state index is -0.0479. The van der Waals surface area contributed by atoms with Crippen molar-refractivity contribution in [3.05, 3.63) is 17.5 Å². The second-order valence-electron chi connectivity index (χ2n) is 4.44. The van der Waals surface area contributed by atoms with Crippen LogP contribution in [0.15, 0.2) is 6.07 Å². The number of carbonyl (C=O) groups excluding carboxylic acids is 1. The summed E-state index contributed by atoms with van der Waals surface area (Å²) in [6, 6.07) is 1.88. The summed E-state index contributed by atoms with van der Waals surface area (Å²) in [6.07, 6.45) is 2.04. The summed E-state index contributed by atoms with van der Waals surface area (Å²) in [7, 11) is 1.81. The Labute approximate surface area is 97.0 Å². The molecule has 0 fully saturated rings. The maximum atomic E-state index is 11.6.